The average molecular weight is 384 g/mol. The standard InChI is InChI=1S/C15H12BrClN2OS/c16-11-5-15(21-9-11)14-6-12(8-20)18-19(14)7-10-3-1-2-4-13(10)17/h1-6,9,20H,7-8H2. The van der Waals surface area contributed by atoms with Crippen LogP contribution >= 0.6 is 38.9 Å². The SMILES string of the molecule is OCc1cc(-c2cc(Br)cs2)n(Cc2ccccc2Cl)n1. The molecule has 0 spiro atoms. The van der Waals surface area contributed by atoms with Crippen LogP contribution in [0.4, 0.5) is 0 Å². The lowest BCUT2D eigenvalue weighted by atomic mass is 10.2. The number of halogens is 2. The maximum Gasteiger partial charge on any atom is 0.0885 e. The van der Waals surface area contributed by atoms with Crippen molar-refractivity contribution >= 4 is 38.9 Å². The van der Waals surface area contributed by atoms with Crippen LogP contribution in [0.25, 0.3) is 10.6 Å². The highest BCUT2D eigenvalue weighted by atomic mass is 79.9. The van der Waals surface area contributed by atoms with E-state index in [9.17, 15) is 5.11 Å². The molecule has 3 aromatic rings. The Kier molecular flexibility index (Phi) is 4.45. The molecule has 1 aromatic carbocycles. The number of aromatic nitrogens is 2. The summed E-state index contributed by atoms with van der Waals surface area (Å²) in [4.78, 5) is 1.10. The summed E-state index contributed by atoms with van der Waals surface area (Å²) in [5, 5.41) is 16.5. The lowest BCUT2D eigenvalue weighted by Gasteiger charge is -2.07. The lowest BCUT2D eigenvalue weighted by molar-refractivity contribution is 0.275. The van der Waals surface area contributed by atoms with Gasteiger partial charge in [-0.25, -0.2) is 0 Å². The second-order valence-corrected chi connectivity index (χ2v) is 6.79. The topological polar surface area (TPSA) is 38.0 Å². The van der Waals surface area contributed by atoms with E-state index in [1.807, 2.05) is 46.5 Å². The molecule has 108 valence electrons. The molecular formula is C15H12BrClN2OS. The Morgan fingerprint density at radius 3 is 2.76 bits per heavy atom. The summed E-state index contributed by atoms with van der Waals surface area (Å²) in [6.45, 7) is 0.500. The second-order valence-electron chi connectivity index (χ2n) is 4.56. The first-order valence-electron chi connectivity index (χ1n) is 6.33. The molecule has 0 aliphatic rings. The molecule has 21 heavy (non-hydrogen) atoms. The van der Waals surface area contributed by atoms with Crippen LogP contribution in [0.3, 0.4) is 0 Å². The lowest BCUT2D eigenvalue weighted by Crippen LogP contribution is -2.04. The number of nitrogens with zero attached hydrogens (tertiary/aromatic N) is 2. The first-order chi connectivity index (χ1) is 10.2. The van der Waals surface area contributed by atoms with Crippen molar-refractivity contribution in [3.63, 3.8) is 0 Å². The Labute approximate surface area is 139 Å². The largest absolute Gasteiger partial charge is 0.390 e. The van der Waals surface area contributed by atoms with Gasteiger partial charge >= 0.3 is 0 Å². The Bertz CT molecular complexity index is 769. The fourth-order valence-corrected chi connectivity index (χ4v) is 3.75. The summed E-state index contributed by atoms with van der Waals surface area (Å²) < 4.78 is 2.92. The van der Waals surface area contributed by atoms with Crippen molar-refractivity contribution in [1.29, 1.82) is 0 Å². The number of benzene rings is 1. The molecule has 0 bridgehead atoms. The Morgan fingerprint density at radius 1 is 1.29 bits per heavy atom. The summed E-state index contributed by atoms with van der Waals surface area (Å²) in [7, 11) is 0. The van der Waals surface area contributed by atoms with Gasteiger partial charge in [0.05, 0.1) is 29.4 Å². The minimum atomic E-state index is -0.0743. The summed E-state index contributed by atoms with van der Waals surface area (Å²) in [6.07, 6.45) is 0. The van der Waals surface area contributed by atoms with E-state index < -0.39 is 0 Å². The van der Waals surface area contributed by atoms with Gasteiger partial charge in [0.15, 0.2) is 0 Å². The molecule has 0 amide bonds. The molecule has 0 saturated heterocycles. The number of aliphatic hydroxyl groups excluding tert-OH is 1. The molecule has 0 atom stereocenters. The van der Waals surface area contributed by atoms with Crippen LogP contribution in [-0.2, 0) is 13.2 Å². The van der Waals surface area contributed by atoms with Crippen LogP contribution in [-0.4, -0.2) is 14.9 Å². The van der Waals surface area contributed by atoms with Crippen molar-refractivity contribution in [3.05, 3.63) is 62.5 Å². The highest BCUT2D eigenvalue weighted by molar-refractivity contribution is 9.10. The zero-order chi connectivity index (χ0) is 14.8. The van der Waals surface area contributed by atoms with E-state index in [0.717, 1.165) is 25.6 Å². The van der Waals surface area contributed by atoms with Crippen molar-refractivity contribution in [2.75, 3.05) is 0 Å². The van der Waals surface area contributed by atoms with E-state index in [4.69, 9.17) is 11.6 Å². The van der Waals surface area contributed by atoms with E-state index >= 15 is 0 Å². The zero-order valence-corrected chi connectivity index (χ0v) is 14.1. The van der Waals surface area contributed by atoms with Crippen LogP contribution in [0.15, 0.2) is 46.3 Å². The van der Waals surface area contributed by atoms with Crippen LogP contribution in [0, 0.1) is 0 Å². The third-order valence-electron chi connectivity index (χ3n) is 3.09. The first-order valence-corrected chi connectivity index (χ1v) is 8.38. The second kappa shape index (κ2) is 6.32. The van der Waals surface area contributed by atoms with Gasteiger partial charge in [0.25, 0.3) is 0 Å². The van der Waals surface area contributed by atoms with E-state index in [2.05, 4.69) is 21.0 Å². The Hall–Kier alpha value is -1.14. The Morgan fingerprint density at radius 2 is 2.10 bits per heavy atom. The third kappa shape index (κ3) is 3.21. The summed E-state index contributed by atoms with van der Waals surface area (Å²) in [6, 6.07) is 11.7. The van der Waals surface area contributed by atoms with Crippen LogP contribution in [0.1, 0.15) is 11.3 Å². The smallest absolute Gasteiger partial charge is 0.0885 e. The van der Waals surface area contributed by atoms with Crippen molar-refractivity contribution in [2.45, 2.75) is 13.2 Å². The minimum Gasteiger partial charge on any atom is -0.390 e. The molecule has 2 heterocycles. The molecule has 0 aliphatic carbocycles. The van der Waals surface area contributed by atoms with Gasteiger partial charge in [-0.3, -0.25) is 4.68 Å². The molecular weight excluding hydrogens is 372 g/mol. The quantitative estimate of drug-likeness (QED) is 0.717. The van der Waals surface area contributed by atoms with Crippen LogP contribution in [0.2, 0.25) is 5.02 Å². The van der Waals surface area contributed by atoms with Gasteiger partial charge < -0.3 is 5.11 Å². The fourth-order valence-electron chi connectivity index (χ4n) is 2.10. The fraction of sp³-hybridized carbons (Fsp3) is 0.133. The summed E-state index contributed by atoms with van der Waals surface area (Å²) in [5.74, 6) is 0. The number of hydrogen-bond acceptors (Lipinski definition) is 3. The molecule has 0 unspecified atom stereocenters. The van der Waals surface area contributed by atoms with E-state index in [1.165, 1.54) is 0 Å². The Balaban J connectivity index is 2.01. The number of hydrogen-bond donors (Lipinski definition) is 1. The van der Waals surface area contributed by atoms with E-state index in [-0.39, 0.29) is 6.61 Å². The molecule has 3 nitrogen and oxygen atoms in total. The van der Waals surface area contributed by atoms with Gasteiger partial charge in [0.2, 0.25) is 0 Å². The molecule has 0 saturated carbocycles. The van der Waals surface area contributed by atoms with Gasteiger partial charge in [-0.05, 0) is 39.7 Å². The highest BCUT2D eigenvalue weighted by Gasteiger charge is 2.13. The predicted molar refractivity (Wildman–Crippen MR) is 89.7 cm³/mol. The van der Waals surface area contributed by atoms with Gasteiger partial charge in [0.1, 0.15) is 0 Å². The van der Waals surface area contributed by atoms with Gasteiger partial charge in [-0.2, -0.15) is 5.10 Å². The van der Waals surface area contributed by atoms with Crippen LogP contribution in [0.5, 0.6) is 0 Å². The average Bonchev–Trinajstić information content (AvgIpc) is 3.07. The van der Waals surface area contributed by atoms with E-state index in [0.29, 0.717) is 12.2 Å². The van der Waals surface area contributed by atoms with Gasteiger partial charge in [-0.15, -0.1) is 11.3 Å². The predicted octanol–water partition coefficient (Wildman–Crippen LogP) is 4.57. The number of thiophene rings is 1. The molecule has 3 rings (SSSR count). The van der Waals surface area contributed by atoms with Crippen molar-refractivity contribution in [3.8, 4) is 10.6 Å². The first kappa shape index (κ1) is 14.8. The number of rotatable bonds is 4. The summed E-state index contributed by atoms with van der Waals surface area (Å²) >= 11 is 11.3. The van der Waals surface area contributed by atoms with Crippen molar-refractivity contribution < 1.29 is 5.11 Å². The molecule has 1 N–H and O–H groups in total. The monoisotopic (exact) mass is 382 g/mol. The van der Waals surface area contributed by atoms with Gasteiger partial charge in [-0.1, -0.05) is 29.8 Å². The molecule has 6 heteroatoms. The normalized spacial score (nSPS) is 11.0. The minimum absolute atomic E-state index is 0.0743. The zero-order valence-electron chi connectivity index (χ0n) is 11.0. The molecule has 0 radical (unpaired) electrons. The maximum atomic E-state index is 9.34. The summed E-state index contributed by atoms with van der Waals surface area (Å²) in [5.41, 5.74) is 2.64. The maximum absolute atomic E-state index is 9.34. The van der Waals surface area contributed by atoms with Crippen LogP contribution < -0.4 is 0 Å². The third-order valence-corrected chi connectivity index (χ3v) is 5.17. The van der Waals surface area contributed by atoms with Crippen molar-refractivity contribution in [1.82, 2.24) is 9.78 Å². The highest BCUT2D eigenvalue weighted by Crippen LogP contribution is 2.31. The number of aliphatic hydroxyl groups is 1. The van der Waals surface area contributed by atoms with E-state index in [1.54, 1.807) is 11.3 Å². The van der Waals surface area contributed by atoms with Crippen molar-refractivity contribution in [2.24, 2.45) is 0 Å². The van der Waals surface area contributed by atoms with Gasteiger partial charge in [0, 0.05) is 14.9 Å². The molecule has 2 aromatic heterocycles. The molecule has 0 aliphatic heterocycles. The molecule has 0 fully saturated rings.